The molecular weight excluding hydrogens is 270 g/mol. The zero-order valence-corrected chi connectivity index (χ0v) is 11.1. The van der Waals surface area contributed by atoms with E-state index in [1.165, 1.54) is 0 Å². The van der Waals surface area contributed by atoms with Crippen LogP contribution in [0.4, 0.5) is 0 Å². The van der Waals surface area contributed by atoms with Crippen LogP contribution in [0, 0.1) is 6.92 Å². The monoisotopic (exact) mass is 285 g/mol. The summed E-state index contributed by atoms with van der Waals surface area (Å²) < 4.78 is 0. The van der Waals surface area contributed by atoms with E-state index in [1.54, 1.807) is 23.1 Å². The number of carbonyl (C=O) groups excluding carboxylic acids is 1. The van der Waals surface area contributed by atoms with Gasteiger partial charge < -0.3 is 10.0 Å². The minimum Gasteiger partial charge on any atom is -0.507 e. The smallest absolute Gasteiger partial charge is 0.257 e. The number of phenols is 1. The number of hydrogen-bond acceptors (Lipinski definition) is 2. The number of benzene rings is 1. The predicted molar refractivity (Wildman–Crippen MR) is 68.2 cm³/mol. The highest BCUT2D eigenvalue weighted by Crippen LogP contribution is 2.20. The Kier molecular flexibility index (Phi) is 4.80. The second-order valence-electron chi connectivity index (χ2n) is 3.59. The molecule has 0 saturated carbocycles. The number of alkyl halides is 1. The summed E-state index contributed by atoms with van der Waals surface area (Å²) in [5.74, 6) is -0.0771. The van der Waals surface area contributed by atoms with Gasteiger partial charge in [0.1, 0.15) is 5.75 Å². The number of hydrogen-bond donors (Lipinski definition) is 1. The lowest BCUT2D eigenvalue weighted by molar-refractivity contribution is 0.0772. The van der Waals surface area contributed by atoms with E-state index in [1.807, 2.05) is 13.8 Å². The van der Waals surface area contributed by atoms with E-state index in [0.717, 1.165) is 10.9 Å². The maximum Gasteiger partial charge on any atom is 0.257 e. The molecule has 1 aromatic rings. The van der Waals surface area contributed by atoms with E-state index < -0.39 is 0 Å². The number of amides is 1. The molecule has 1 aromatic carbocycles. The van der Waals surface area contributed by atoms with Crippen LogP contribution in [0.2, 0.25) is 0 Å². The van der Waals surface area contributed by atoms with Crippen molar-refractivity contribution in [3.05, 3.63) is 29.3 Å². The Bertz CT molecular complexity index is 379. The van der Waals surface area contributed by atoms with Crippen molar-refractivity contribution < 1.29 is 9.90 Å². The van der Waals surface area contributed by atoms with Gasteiger partial charge in [-0.3, -0.25) is 4.79 Å². The summed E-state index contributed by atoms with van der Waals surface area (Å²) in [6.45, 7) is 5.10. The molecule has 1 amide bonds. The van der Waals surface area contributed by atoms with E-state index >= 15 is 0 Å². The molecule has 1 N–H and O–H groups in total. The Morgan fingerprint density at radius 3 is 2.75 bits per heavy atom. The van der Waals surface area contributed by atoms with E-state index in [9.17, 15) is 9.90 Å². The van der Waals surface area contributed by atoms with Gasteiger partial charge in [0.25, 0.3) is 5.91 Å². The molecule has 0 radical (unpaired) electrons. The van der Waals surface area contributed by atoms with Crippen molar-refractivity contribution in [3.63, 3.8) is 0 Å². The zero-order chi connectivity index (χ0) is 12.1. The highest BCUT2D eigenvalue weighted by molar-refractivity contribution is 9.09. The molecule has 0 aliphatic rings. The van der Waals surface area contributed by atoms with Crippen molar-refractivity contribution in [1.82, 2.24) is 4.90 Å². The number of halogens is 1. The van der Waals surface area contributed by atoms with Gasteiger partial charge in [-0.05, 0) is 26.0 Å². The van der Waals surface area contributed by atoms with Crippen LogP contribution in [0.15, 0.2) is 18.2 Å². The predicted octanol–water partition coefficient (Wildman–Crippen LogP) is 2.56. The van der Waals surface area contributed by atoms with E-state index in [2.05, 4.69) is 15.9 Å². The normalized spacial score (nSPS) is 10.2. The van der Waals surface area contributed by atoms with Gasteiger partial charge in [-0.1, -0.05) is 27.6 Å². The quantitative estimate of drug-likeness (QED) is 0.864. The lowest BCUT2D eigenvalue weighted by Gasteiger charge is -2.20. The summed E-state index contributed by atoms with van der Waals surface area (Å²) in [5.41, 5.74) is 1.35. The van der Waals surface area contributed by atoms with Crippen LogP contribution in [0.5, 0.6) is 5.75 Å². The molecular formula is C12H16BrNO2. The summed E-state index contributed by atoms with van der Waals surface area (Å²) >= 11 is 3.31. The molecule has 0 saturated heterocycles. The standard InChI is InChI=1S/C12H16BrNO2/c1-3-14(7-6-13)12(16)10-8-9(2)4-5-11(10)15/h4-5,8,15H,3,6-7H2,1-2H3. The van der Waals surface area contributed by atoms with Gasteiger partial charge in [0.05, 0.1) is 5.56 Å². The van der Waals surface area contributed by atoms with Gasteiger partial charge in [0, 0.05) is 18.4 Å². The molecule has 88 valence electrons. The first-order chi connectivity index (χ1) is 7.60. The number of aromatic hydroxyl groups is 1. The van der Waals surface area contributed by atoms with Crippen LogP contribution in [-0.4, -0.2) is 34.3 Å². The second-order valence-corrected chi connectivity index (χ2v) is 4.39. The van der Waals surface area contributed by atoms with Crippen molar-refractivity contribution in [2.75, 3.05) is 18.4 Å². The summed E-state index contributed by atoms with van der Waals surface area (Å²) in [7, 11) is 0. The number of aryl methyl sites for hydroxylation is 1. The molecule has 0 atom stereocenters. The largest absolute Gasteiger partial charge is 0.507 e. The van der Waals surface area contributed by atoms with Crippen molar-refractivity contribution in [2.45, 2.75) is 13.8 Å². The zero-order valence-electron chi connectivity index (χ0n) is 9.53. The molecule has 0 aliphatic heterocycles. The van der Waals surface area contributed by atoms with E-state index in [4.69, 9.17) is 0 Å². The second kappa shape index (κ2) is 5.89. The molecule has 0 fully saturated rings. The summed E-state index contributed by atoms with van der Waals surface area (Å²) in [6.07, 6.45) is 0. The molecule has 4 heteroatoms. The molecule has 1 rings (SSSR count). The Balaban J connectivity index is 2.98. The first kappa shape index (κ1) is 13.0. The maximum atomic E-state index is 12.1. The number of carbonyl (C=O) groups is 1. The van der Waals surface area contributed by atoms with Crippen LogP contribution < -0.4 is 0 Å². The van der Waals surface area contributed by atoms with Gasteiger partial charge in [0.2, 0.25) is 0 Å². The molecule has 0 aromatic heterocycles. The van der Waals surface area contributed by atoms with Gasteiger partial charge in [-0.2, -0.15) is 0 Å². The van der Waals surface area contributed by atoms with Gasteiger partial charge in [-0.25, -0.2) is 0 Å². The molecule has 3 nitrogen and oxygen atoms in total. The Labute approximate surface area is 104 Å². The molecule has 0 bridgehead atoms. The number of rotatable bonds is 4. The molecule has 0 spiro atoms. The Hall–Kier alpha value is -1.03. The number of phenolic OH excluding ortho intramolecular Hbond substituents is 1. The van der Waals surface area contributed by atoms with Gasteiger partial charge in [-0.15, -0.1) is 0 Å². The molecule has 16 heavy (non-hydrogen) atoms. The highest BCUT2D eigenvalue weighted by atomic mass is 79.9. The minimum atomic E-state index is -0.122. The van der Waals surface area contributed by atoms with Crippen LogP contribution in [0.3, 0.4) is 0 Å². The molecule has 0 unspecified atom stereocenters. The van der Waals surface area contributed by atoms with Crippen molar-refractivity contribution in [3.8, 4) is 5.75 Å². The fourth-order valence-corrected chi connectivity index (χ4v) is 1.92. The number of nitrogens with zero attached hydrogens (tertiary/aromatic N) is 1. The summed E-state index contributed by atoms with van der Waals surface area (Å²) in [5, 5.41) is 10.4. The third-order valence-corrected chi connectivity index (χ3v) is 2.76. The van der Waals surface area contributed by atoms with Crippen molar-refractivity contribution in [2.24, 2.45) is 0 Å². The Morgan fingerprint density at radius 2 is 2.19 bits per heavy atom. The lowest BCUT2D eigenvalue weighted by Crippen LogP contribution is -2.32. The Morgan fingerprint density at radius 1 is 1.50 bits per heavy atom. The minimum absolute atomic E-state index is 0.0450. The average molecular weight is 286 g/mol. The first-order valence-electron chi connectivity index (χ1n) is 5.25. The van der Waals surface area contributed by atoms with Gasteiger partial charge in [0.15, 0.2) is 0 Å². The maximum absolute atomic E-state index is 12.1. The average Bonchev–Trinajstić information content (AvgIpc) is 2.28. The van der Waals surface area contributed by atoms with E-state index in [0.29, 0.717) is 18.7 Å². The molecule has 0 heterocycles. The van der Waals surface area contributed by atoms with Crippen molar-refractivity contribution >= 4 is 21.8 Å². The van der Waals surface area contributed by atoms with Crippen LogP contribution in [0.1, 0.15) is 22.8 Å². The van der Waals surface area contributed by atoms with Gasteiger partial charge >= 0.3 is 0 Å². The third kappa shape index (κ3) is 2.98. The third-order valence-electron chi connectivity index (χ3n) is 2.41. The fraction of sp³-hybridized carbons (Fsp3) is 0.417. The van der Waals surface area contributed by atoms with Crippen LogP contribution in [-0.2, 0) is 0 Å². The highest BCUT2D eigenvalue weighted by Gasteiger charge is 2.16. The topological polar surface area (TPSA) is 40.5 Å². The summed E-state index contributed by atoms with van der Waals surface area (Å²) in [4.78, 5) is 13.8. The van der Waals surface area contributed by atoms with Crippen molar-refractivity contribution in [1.29, 1.82) is 0 Å². The van der Waals surface area contributed by atoms with Crippen LogP contribution >= 0.6 is 15.9 Å². The molecule has 0 aliphatic carbocycles. The lowest BCUT2D eigenvalue weighted by atomic mass is 10.1. The summed E-state index contributed by atoms with van der Waals surface area (Å²) in [6, 6.07) is 5.06. The SMILES string of the molecule is CCN(CCBr)C(=O)c1cc(C)ccc1O. The van der Waals surface area contributed by atoms with Crippen LogP contribution in [0.25, 0.3) is 0 Å². The van der Waals surface area contributed by atoms with E-state index in [-0.39, 0.29) is 11.7 Å². The first-order valence-corrected chi connectivity index (χ1v) is 6.37. The fourth-order valence-electron chi connectivity index (χ4n) is 1.50.